The van der Waals surface area contributed by atoms with Gasteiger partial charge >= 0.3 is 0 Å². The number of anilines is 1. The van der Waals surface area contributed by atoms with Crippen molar-refractivity contribution < 1.29 is 9.59 Å². The van der Waals surface area contributed by atoms with Crippen LogP contribution >= 0.6 is 11.6 Å². The molecule has 5 heteroatoms. The molecule has 0 spiro atoms. The predicted molar refractivity (Wildman–Crippen MR) is 91.3 cm³/mol. The highest BCUT2D eigenvalue weighted by atomic mass is 35.5. The van der Waals surface area contributed by atoms with Crippen LogP contribution in [0, 0.1) is 17.8 Å². The zero-order chi connectivity index (χ0) is 16.4. The highest BCUT2D eigenvalue weighted by Gasteiger charge is 2.40. The monoisotopic (exact) mass is 334 g/mol. The van der Waals surface area contributed by atoms with Crippen LogP contribution in [0.15, 0.2) is 24.3 Å². The maximum atomic E-state index is 12.3. The number of nitrogens with zero attached hydrogens (tertiary/aromatic N) is 1. The van der Waals surface area contributed by atoms with Gasteiger partial charge in [-0.2, -0.15) is 0 Å². The van der Waals surface area contributed by atoms with E-state index in [-0.39, 0.29) is 18.4 Å². The van der Waals surface area contributed by atoms with E-state index in [0.717, 1.165) is 11.8 Å². The van der Waals surface area contributed by atoms with E-state index in [1.165, 1.54) is 30.6 Å². The Kier molecular flexibility index (Phi) is 4.90. The Balaban J connectivity index is 1.46. The third-order valence-electron chi connectivity index (χ3n) is 5.26. The first-order valence-electron chi connectivity index (χ1n) is 8.30. The van der Waals surface area contributed by atoms with Crippen LogP contribution in [0.1, 0.15) is 32.1 Å². The van der Waals surface area contributed by atoms with Crippen LogP contribution < -0.4 is 5.32 Å². The average molecular weight is 335 g/mol. The van der Waals surface area contributed by atoms with Crippen molar-refractivity contribution in [1.29, 1.82) is 0 Å². The summed E-state index contributed by atoms with van der Waals surface area (Å²) in [6, 6.07) is 6.94. The van der Waals surface area contributed by atoms with Gasteiger partial charge < -0.3 is 10.2 Å². The summed E-state index contributed by atoms with van der Waals surface area (Å²) in [7, 11) is 1.71. The van der Waals surface area contributed by atoms with Gasteiger partial charge in [0.2, 0.25) is 11.8 Å². The first-order chi connectivity index (χ1) is 11.0. The smallest absolute Gasteiger partial charge is 0.243 e. The standard InChI is InChI=1S/C18H23ClN2O2/c1-21(11-17(22)20-16-6-4-15(19)5-7-16)18(23)10-14-9-12-2-3-13(14)8-12/h4-7,12-14H,2-3,8-11H2,1H3,(H,20,22)/t12-,13+,14+/m0/s1. The van der Waals surface area contributed by atoms with Gasteiger partial charge in [-0.15, -0.1) is 0 Å². The van der Waals surface area contributed by atoms with Gasteiger partial charge in [0.25, 0.3) is 0 Å². The lowest BCUT2D eigenvalue weighted by molar-refractivity contribution is -0.134. The molecular weight excluding hydrogens is 312 g/mol. The number of benzene rings is 1. The van der Waals surface area contributed by atoms with Crippen LogP contribution in [0.3, 0.4) is 0 Å². The fourth-order valence-corrected chi connectivity index (χ4v) is 4.17. The summed E-state index contributed by atoms with van der Waals surface area (Å²) < 4.78 is 0. The molecule has 0 aliphatic heterocycles. The van der Waals surface area contributed by atoms with Crippen molar-refractivity contribution in [2.45, 2.75) is 32.1 Å². The zero-order valence-corrected chi connectivity index (χ0v) is 14.2. The second kappa shape index (κ2) is 6.91. The van der Waals surface area contributed by atoms with Crippen molar-refractivity contribution in [3.63, 3.8) is 0 Å². The minimum atomic E-state index is -0.184. The van der Waals surface area contributed by atoms with E-state index in [1.807, 2.05) is 0 Å². The number of nitrogens with one attached hydrogen (secondary N) is 1. The number of likely N-dealkylation sites (N-methyl/N-ethyl adjacent to an activating group) is 1. The maximum Gasteiger partial charge on any atom is 0.243 e. The molecule has 0 aromatic heterocycles. The minimum absolute atomic E-state index is 0.0776. The molecule has 124 valence electrons. The number of halogens is 1. The second-order valence-corrected chi connectivity index (χ2v) is 7.38. The quantitative estimate of drug-likeness (QED) is 0.895. The van der Waals surface area contributed by atoms with Crippen molar-refractivity contribution in [2.24, 2.45) is 17.8 Å². The molecule has 1 aromatic rings. The van der Waals surface area contributed by atoms with Crippen molar-refractivity contribution in [3.05, 3.63) is 29.3 Å². The summed E-state index contributed by atoms with van der Waals surface area (Å²) in [4.78, 5) is 25.9. The predicted octanol–water partition coefficient (Wildman–Crippen LogP) is 3.56. The van der Waals surface area contributed by atoms with Gasteiger partial charge in [0.15, 0.2) is 0 Å². The molecule has 1 aromatic carbocycles. The number of hydrogen-bond donors (Lipinski definition) is 1. The van der Waals surface area contributed by atoms with Crippen LogP contribution in [-0.4, -0.2) is 30.3 Å². The van der Waals surface area contributed by atoms with Crippen molar-refractivity contribution >= 4 is 29.1 Å². The third kappa shape index (κ3) is 4.05. The van der Waals surface area contributed by atoms with Crippen LogP contribution in [0.2, 0.25) is 5.02 Å². The van der Waals surface area contributed by atoms with Crippen LogP contribution in [0.4, 0.5) is 5.69 Å². The van der Waals surface area contributed by atoms with Crippen LogP contribution in [0.5, 0.6) is 0 Å². The Bertz CT molecular complexity index is 587. The van der Waals surface area contributed by atoms with Gasteiger partial charge in [-0.25, -0.2) is 0 Å². The largest absolute Gasteiger partial charge is 0.336 e. The Hall–Kier alpha value is -1.55. The van der Waals surface area contributed by atoms with Crippen molar-refractivity contribution in [1.82, 2.24) is 4.90 Å². The van der Waals surface area contributed by atoms with Crippen LogP contribution in [0.25, 0.3) is 0 Å². The molecular formula is C18H23ClN2O2. The first-order valence-corrected chi connectivity index (χ1v) is 8.68. The molecule has 23 heavy (non-hydrogen) atoms. The van der Waals surface area contributed by atoms with Gasteiger partial charge in [0, 0.05) is 24.2 Å². The number of carbonyl (C=O) groups excluding carboxylic acids is 2. The molecule has 0 unspecified atom stereocenters. The number of rotatable bonds is 5. The van der Waals surface area contributed by atoms with E-state index < -0.39 is 0 Å². The highest BCUT2D eigenvalue weighted by molar-refractivity contribution is 6.30. The Labute approximate surface area is 142 Å². The van der Waals surface area contributed by atoms with Gasteiger partial charge in [0.05, 0.1) is 6.54 Å². The lowest BCUT2D eigenvalue weighted by Gasteiger charge is -2.24. The molecule has 2 bridgehead atoms. The van der Waals surface area contributed by atoms with E-state index in [0.29, 0.717) is 23.0 Å². The second-order valence-electron chi connectivity index (χ2n) is 6.94. The van der Waals surface area contributed by atoms with Gasteiger partial charge in [-0.1, -0.05) is 18.0 Å². The molecule has 2 fully saturated rings. The number of hydrogen-bond acceptors (Lipinski definition) is 2. The number of amides is 2. The van der Waals surface area contributed by atoms with E-state index in [1.54, 1.807) is 31.3 Å². The molecule has 2 aliphatic rings. The molecule has 1 N–H and O–H groups in total. The van der Waals surface area contributed by atoms with Crippen molar-refractivity contribution in [3.8, 4) is 0 Å². The molecule has 0 radical (unpaired) electrons. The Morgan fingerprint density at radius 3 is 2.57 bits per heavy atom. The average Bonchev–Trinajstić information content (AvgIpc) is 3.12. The summed E-state index contributed by atoms with van der Waals surface area (Å²) in [6.07, 6.45) is 5.71. The zero-order valence-electron chi connectivity index (χ0n) is 13.4. The third-order valence-corrected chi connectivity index (χ3v) is 5.51. The lowest BCUT2D eigenvalue weighted by atomic mass is 9.86. The fraction of sp³-hybridized carbons (Fsp3) is 0.556. The molecule has 4 nitrogen and oxygen atoms in total. The fourth-order valence-electron chi connectivity index (χ4n) is 4.04. The molecule has 2 saturated carbocycles. The van der Waals surface area contributed by atoms with E-state index in [2.05, 4.69) is 5.32 Å². The maximum absolute atomic E-state index is 12.3. The van der Waals surface area contributed by atoms with Gasteiger partial charge in [-0.05, 0) is 61.3 Å². The summed E-state index contributed by atoms with van der Waals surface area (Å²) in [6.45, 7) is 0.0856. The van der Waals surface area contributed by atoms with Crippen LogP contribution in [-0.2, 0) is 9.59 Å². The lowest BCUT2D eigenvalue weighted by Crippen LogP contribution is -2.36. The summed E-state index contributed by atoms with van der Waals surface area (Å²) in [5.41, 5.74) is 0.688. The molecule has 0 saturated heterocycles. The summed E-state index contributed by atoms with van der Waals surface area (Å²) >= 11 is 5.82. The number of fused-ring (bicyclic) bond motifs is 2. The highest BCUT2D eigenvalue weighted by Crippen LogP contribution is 2.49. The minimum Gasteiger partial charge on any atom is -0.336 e. The Morgan fingerprint density at radius 1 is 1.22 bits per heavy atom. The molecule has 2 amide bonds. The van der Waals surface area contributed by atoms with E-state index >= 15 is 0 Å². The molecule has 0 heterocycles. The first kappa shape index (κ1) is 16.3. The topological polar surface area (TPSA) is 49.4 Å². The molecule has 2 aliphatic carbocycles. The SMILES string of the molecule is CN(CC(=O)Nc1ccc(Cl)cc1)C(=O)C[C@H]1C[C@H]2CC[C@@H]1C2. The van der Waals surface area contributed by atoms with Crippen molar-refractivity contribution in [2.75, 3.05) is 18.9 Å². The summed E-state index contributed by atoms with van der Waals surface area (Å²) in [5.74, 6) is 2.00. The van der Waals surface area contributed by atoms with Gasteiger partial charge in [0.1, 0.15) is 0 Å². The van der Waals surface area contributed by atoms with Gasteiger partial charge in [-0.3, -0.25) is 9.59 Å². The normalized spacial score (nSPS) is 25.4. The van der Waals surface area contributed by atoms with E-state index in [9.17, 15) is 9.59 Å². The Morgan fingerprint density at radius 2 is 1.96 bits per heavy atom. The van der Waals surface area contributed by atoms with E-state index in [4.69, 9.17) is 11.6 Å². The number of carbonyl (C=O) groups is 2. The molecule has 3 atom stereocenters. The molecule has 3 rings (SSSR count). The summed E-state index contributed by atoms with van der Waals surface area (Å²) in [5, 5.41) is 3.41.